The van der Waals surface area contributed by atoms with Crippen molar-refractivity contribution in [1.29, 1.82) is 0 Å². The quantitative estimate of drug-likeness (QED) is 0.752. The number of hydrogen-bond acceptors (Lipinski definition) is 4. The van der Waals surface area contributed by atoms with Gasteiger partial charge in [0.1, 0.15) is 0 Å². The Labute approximate surface area is 143 Å². The van der Waals surface area contributed by atoms with Gasteiger partial charge in [-0.1, -0.05) is 49.2 Å². The Morgan fingerprint density at radius 1 is 1.17 bits per heavy atom. The lowest BCUT2D eigenvalue weighted by Crippen LogP contribution is -2.25. The predicted molar refractivity (Wildman–Crippen MR) is 92.6 cm³/mol. The van der Waals surface area contributed by atoms with Gasteiger partial charge in [-0.3, -0.25) is 4.79 Å². The van der Waals surface area contributed by atoms with Crippen LogP contribution in [0.15, 0.2) is 23.1 Å². The second kappa shape index (κ2) is 7.82. The first-order valence-corrected chi connectivity index (χ1v) is 9.49. The van der Waals surface area contributed by atoms with Crippen LogP contribution in [-0.2, 0) is 14.3 Å². The fraction of sp³-hybridized carbons (Fsp3) is 0.632. The summed E-state index contributed by atoms with van der Waals surface area (Å²) >= 11 is 1.35. The molecule has 23 heavy (non-hydrogen) atoms. The summed E-state index contributed by atoms with van der Waals surface area (Å²) in [7, 11) is 0. The van der Waals surface area contributed by atoms with E-state index in [-0.39, 0.29) is 17.5 Å². The summed E-state index contributed by atoms with van der Waals surface area (Å²) in [6.07, 6.45) is 6.55. The zero-order valence-corrected chi connectivity index (χ0v) is 14.9. The minimum atomic E-state index is -0.0849. The van der Waals surface area contributed by atoms with Crippen molar-refractivity contribution in [2.24, 2.45) is 5.92 Å². The molecule has 3 rings (SSSR count). The fourth-order valence-corrected chi connectivity index (χ4v) is 4.49. The summed E-state index contributed by atoms with van der Waals surface area (Å²) in [4.78, 5) is 13.5. The van der Waals surface area contributed by atoms with E-state index in [9.17, 15) is 4.79 Å². The maximum Gasteiger partial charge on any atom is 0.196 e. The molecule has 4 heteroatoms. The topological polar surface area (TPSA) is 35.5 Å². The first-order chi connectivity index (χ1) is 11.1. The van der Waals surface area contributed by atoms with Gasteiger partial charge < -0.3 is 9.47 Å². The summed E-state index contributed by atoms with van der Waals surface area (Å²) in [5.74, 6) is 0.523. The van der Waals surface area contributed by atoms with Crippen LogP contribution in [0.25, 0.3) is 0 Å². The Kier molecular flexibility index (Phi) is 5.78. The first kappa shape index (κ1) is 17.0. The highest BCUT2D eigenvalue weighted by atomic mass is 32.2. The second-order valence-electron chi connectivity index (χ2n) is 6.76. The third-order valence-electron chi connectivity index (χ3n) is 4.83. The molecule has 1 saturated heterocycles. The van der Waals surface area contributed by atoms with Crippen molar-refractivity contribution in [2.75, 3.05) is 6.61 Å². The second-order valence-corrected chi connectivity index (χ2v) is 7.82. The SMILES string of the molecule is Cc1cccc(C)c1SC(=O)C[C@H]1CO[C@H](C2CCCCC2)O1. The lowest BCUT2D eigenvalue weighted by Gasteiger charge is -2.26. The molecule has 2 aliphatic rings. The molecule has 0 amide bonds. The molecule has 126 valence electrons. The highest BCUT2D eigenvalue weighted by Gasteiger charge is 2.34. The van der Waals surface area contributed by atoms with Crippen molar-refractivity contribution < 1.29 is 14.3 Å². The monoisotopic (exact) mass is 334 g/mol. The largest absolute Gasteiger partial charge is 0.350 e. The molecule has 1 aliphatic heterocycles. The molecule has 1 heterocycles. The molecule has 0 bridgehead atoms. The van der Waals surface area contributed by atoms with Crippen LogP contribution in [0.1, 0.15) is 49.7 Å². The smallest absolute Gasteiger partial charge is 0.196 e. The Hall–Kier alpha value is -0.840. The standard InChI is InChI=1S/C19H26O3S/c1-13-7-6-8-14(2)18(13)23-17(20)11-16-12-21-19(22-16)15-9-4-3-5-10-15/h6-8,15-16,19H,3-5,9-12H2,1-2H3/t16-,19-/m0/s1. The Morgan fingerprint density at radius 3 is 2.57 bits per heavy atom. The number of thioether (sulfide) groups is 1. The van der Waals surface area contributed by atoms with E-state index >= 15 is 0 Å². The third kappa shape index (κ3) is 4.37. The van der Waals surface area contributed by atoms with Gasteiger partial charge in [-0.05, 0) is 37.8 Å². The molecule has 0 aromatic heterocycles. The minimum Gasteiger partial charge on any atom is -0.350 e. The van der Waals surface area contributed by atoms with E-state index in [0.29, 0.717) is 18.9 Å². The van der Waals surface area contributed by atoms with Crippen LogP contribution in [0.4, 0.5) is 0 Å². The molecule has 1 aromatic rings. The van der Waals surface area contributed by atoms with E-state index in [4.69, 9.17) is 9.47 Å². The van der Waals surface area contributed by atoms with Gasteiger partial charge in [-0.25, -0.2) is 0 Å². The van der Waals surface area contributed by atoms with Crippen molar-refractivity contribution in [3.05, 3.63) is 29.3 Å². The maximum atomic E-state index is 12.4. The van der Waals surface area contributed by atoms with Crippen molar-refractivity contribution in [2.45, 2.75) is 69.7 Å². The number of carbonyl (C=O) groups is 1. The van der Waals surface area contributed by atoms with Crippen molar-refractivity contribution in [3.8, 4) is 0 Å². The maximum absolute atomic E-state index is 12.4. The molecule has 3 nitrogen and oxygen atoms in total. The number of carbonyl (C=O) groups excluding carboxylic acids is 1. The fourth-order valence-electron chi connectivity index (χ4n) is 3.53. The predicted octanol–water partition coefficient (Wildman–Crippen LogP) is 4.63. The number of ether oxygens (including phenoxy) is 2. The van der Waals surface area contributed by atoms with E-state index in [0.717, 1.165) is 16.0 Å². The zero-order valence-electron chi connectivity index (χ0n) is 14.0. The summed E-state index contributed by atoms with van der Waals surface area (Å²) in [5, 5.41) is 0.167. The Bertz CT molecular complexity index is 531. The van der Waals surface area contributed by atoms with Crippen LogP contribution < -0.4 is 0 Å². The minimum absolute atomic E-state index is 0.0775. The van der Waals surface area contributed by atoms with Crippen LogP contribution in [0.5, 0.6) is 0 Å². The van der Waals surface area contributed by atoms with Gasteiger partial charge in [-0.15, -0.1) is 0 Å². The van der Waals surface area contributed by atoms with Crippen LogP contribution in [-0.4, -0.2) is 24.1 Å². The lowest BCUT2D eigenvalue weighted by molar-refractivity contribution is -0.118. The van der Waals surface area contributed by atoms with Crippen LogP contribution in [0, 0.1) is 19.8 Å². The van der Waals surface area contributed by atoms with E-state index in [1.165, 1.54) is 43.9 Å². The third-order valence-corrected chi connectivity index (χ3v) is 6.07. The molecule has 1 aliphatic carbocycles. The summed E-state index contributed by atoms with van der Waals surface area (Å²) in [6.45, 7) is 4.66. The molecule has 1 saturated carbocycles. The molecule has 0 N–H and O–H groups in total. The number of rotatable bonds is 4. The Balaban J connectivity index is 1.51. The highest BCUT2D eigenvalue weighted by Crippen LogP contribution is 2.34. The van der Waals surface area contributed by atoms with Gasteiger partial charge in [0.15, 0.2) is 11.4 Å². The van der Waals surface area contributed by atoms with Gasteiger partial charge >= 0.3 is 0 Å². The highest BCUT2D eigenvalue weighted by molar-refractivity contribution is 8.13. The van der Waals surface area contributed by atoms with E-state index in [1.54, 1.807) is 0 Å². The lowest BCUT2D eigenvalue weighted by atomic mass is 9.89. The van der Waals surface area contributed by atoms with Gasteiger partial charge in [-0.2, -0.15) is 0 Å². The van der Waals surface area contributed by atoms with Crippen LogP contribution >= 0.6 is 11.8 Å². The number of benzene rings is 1. The van der Waals surface area contributed by atoms with Crippen molar-refractivity contribution in [1.82, 2.24) is 0 Å². The molecule has 0 spiro atoms. The summed E-state index contributed by atoms with van der Waals surface area (Å²) in [6, 6.07) is 6.13. The van der Waals surface area contributed by atoms with Gasteiger partial charge in [0.2, 0.25) is 0 Å². The molecule has 1 aromatic carbocycles. The van der Waals surface area contributed by atoms with E-state index in [2.05, 4.69) is 26.0 Å². The summed E-state index contributed by atoms with van der Waals surface area (Å²) < 4.78 is 11.8. The molecule has 2 fully saturated rings. The average molecular weight is 334 g/mol. The van der Waals surface area contributed by atoms with Crippen molar-refractivity contribution >= 4 is 16.9 Å². The first-order valence-electron chi connectivity index (χ1n) is 8.67. The Morgan fingerprint density at radius 2 is 1.87 bits per heavy atom. The molecule has 0 unspecified atom stereocenters. The van der Waals surface area contributed by atoms with Gasteiger partial charge in [0, 0.05) is 17.2 Å². The van der Waals surface area contributed by atoms with Crippen molar-refractivity contribution in [3.63, 3.8) is 0 Å². The number of aryl methyl sites for hydroxylation is 2. The summed E-state index contributed by atoms with van der Waals surface area (Å²) in [5.41, 5.74) is 2.32. The number of hydrogen-bond donors (Lipinski definition) is 0. The van der Waals surface area contributed by atoms with Crippen LogP contribution in [0.2, 0.25) is 0 Å². The normalized spacial score (nSPS) is 25.7. The molecule has 0 radical (unpaired) electrons. The average Bonchev–Trinajstić information content (AvgIpc) is 3.00. The zero-order chi connectivity index (χ0) is 16.2. The molecular formula is C19H26O3S. The molecular weight excluding hydrogens is 308 g/mol. The van der Waals surface area contributed by atoms with Crippen LogP contribution in [0.3, 0.4) is 0 Å². The van der Waals surface area contributed by atoms with Gasteiger partial charge in [0.25, 0.3) is 0 Å². The van der Waals surface area contributed by atoms with Gasteiger partial charge in [0.05, 0.1) is 12.7 Å². The van der Waals surface area contributed by atoms with E-state index in [1.807, 2.05) is 6.07 Å². The molecule has 2 atom stereocenters. The van der Waals surface area contributed by atoms with E-state index < -0.39 is 0 Å².